The van der Waals surface area contributed by atoms with Crippen molar-refractivity contribution in [2.45, 2.75) is 57.4 Å². The lowest BCUT2D eigenvalue weighted by molar-refractivity contribution is 0.369. The van der Waals surface area contributed by atoms with Gasteiger partial charge in [-0.2, -0.15) is 0 Å². The van der Waals surface area contributed by atoms with Crippen molar-refractivity contribution in [1.82, 2.24) is 0 Å². The lowest BCUT2D eigenvalue weighted by atomic mass is 9.84. The van der Waals surface area contributed by atoms with E-state index in [0.717, 1.165) is 6.42 Å². The summed E-state index contributed by atoms with van der Waals surface area (Å²) >= 11 is 0. The average Bonchev–Trinajstić information content (AvgIpc) is 2.43. The zero-order valence-corrected chi connectivity index (χ0v) is 10.3. The second-order valence-corrected chi connectivity index (χ2v) is 5.44. The van der Waals surface area contributed by atoms with E-state index in [1.54, 1.807) is 0 Å². The fourth-order valence-corrected chi connectivity index (χ4v) is 2.84. The monoisotopic (exact) mass is 217 g/mol. The lowest BCUT2D eigenvalue weighted by Gasteiger charge is -2.28. The van der Waals surface area contributed by atoms with Crippen molar-refractivity contribution in [2.75, 3.05) is 0 Å². The Bertz CT molecular complexity index is 335. The minimum atomic E-state index is 0.0598. The van der Waals surface area contributed by atoms with Crippen LogP contribution in [-0.2, 0) is 6.42 Å². The summed E-state index contributed by atoms with van der Waals surface area (Å²) in [4.78, 5) is 0. The van der Waals surface area contributed by atoms with Crippen LogP contribution in [0, 0.1) is 6.92 Å². The number of nitrogens with two attached hydrogens (primary N) is 1. The molecule has 1 aromatic carbocycles. The molecule has 0 bridgehead atoms. The molecule has 0 atom stereocenters. The summed E-state index contributed by atoms with van der Waals surface area (Å²) in [5, 5.41) is 0. The van der Waals surface area contributed by atoms with Gasteiger partial charge >= 0.3 is 0 Å². The molecule has 1 aliphatic carbocycles. The number of rotatable bonds is 2. The highest BCUT2D eigenvalue weighted by molar-refractivity contribution is 5.24. The van der Waals surface area contributed by atoms with Crippen molar-refractivity contribution < 1.29 is 0 Å². The SMILES string of the molecule is Cc1cccc(CC2(N)CCCCCC2)c1. The molecular formula is C15H23N. The standard InChI is InChI=1S/C15H23N/c1-13-7-6-8-14(11-13)12-15(16)9-4-2-3-5-10-15/h6-8,11H,2-5,9-10,12,16H2,1H3. The molecule has 1 fully saturated rings. The van der Waals surface area contributed by atoms with Crippen molar-refractivity contribution in [1.29, 1.82) is 0 Å². The highest BCUT2D eigenvalue weighted by Crippen LogP contribution is 2.28. The Kier molecular flexibility index (Phi) is 3.65. The molecule has 88 valence electrons. The smallest absolute Gasteiger partial charge is 0.0195 e. The molecule has 1 heteroatoms. The van der Waals surface area contributed by atoms with Gasteiger partial charge in [0.25, 0.3) is 0 Å². The Labute approximate surface area is 99.0 Å². The average molecular weight is 217 g/mol. The van der Waals surface area contributed by atoms with Gasteiger partial charge in [0.2, 0.25) is 0 Å². The summed E-state index contributed by atoms with van der Waals surface area (Å²) in [6.45, 7) is 2.15. The van der Waals surface area contributed by atoms with Crippen molar-refractivity contribution >= 4 is 0 Å². The van der Waals surface area contributed by atoms with Crippen molar-refractivity contribution in [3.05, 3.63) is 35.4 Å². The molecular weight excluding hydrogens is 194 g/mol. The molecule has 2 rings (SSSR count). The van der Waals surface area contributed by atoms with Crippen LogP contribution in [0.2, 0.25) is 0 Å². The van der Waals surface area contributed by atoms with E-state index in [0.29, 0.717) is 0 Å². The predicted molar refractivity (Wildman–Crippen MR) is 69.5 cm³/mol. The van der Waals surface area contributed by atoms with Crippen LogP contribution in [0.1, 0.15) is 49.7 Å². The van der Waals surface area contributed by atoms with Gasteiger partial charge in [-0.3, -0.25) is 0 Å². The van der Waals surface area contributed by atoms with Crippen LogP contribution in [-0.4, -0.2) is 5.54 Å². The molecule has 0 amide bonds. The molecule has 1 nitrogen and oxygen atoms in total. The number of hydrogen-bond donors (Lipinski definition) is 1. The minimum absolute atomic E-state index is 0.0598. The fraction of sp³-hybridized carbons (Fsp3) is 0.600. The van der Waals surface area contributed by atoms with E-state index in [-0.39, 0.29) is 5.54 Å². The Morgan fingerprint density at radius 3 is 2.44 bits per heavy atom. The summed E-state index contributed by atoms with van der Waals surface area (Å²) in [6.07, 6.45) is 8.79. The Hall–Kier alpha value is -0.820. The van der Waals surface area contributed by atoms with E-state index in [4.69, 9.17) is 5.73 Å². The van der Waals surface area contributed by atoms with E-state index < -0.39 is 0 Å². The fourth-order valence-electron chi connectivity index (χ4n) is 2.84. The first kappa shape index (κ1) is 11.7. The highest BCUT2D eigenvalue weighted by atomic mass is 14.7. The van der Waals surface area contributed by atoms with Gasteiger partial charge in [0, 0.05) is 5.54 Å². The predicted octanol–water partition coefficient (Wildman–Crippen LogP) is 3.59. The second kappa shape index (κ2) is 5.01. The Morgan fingerprint density at radius 2 is 1.81 bits per heavy atom. The summed E-state index contributed by atoms with van der Waals surface area (Å²) in [5.41, 5.74) is 9.35. The largest absolute Gasteiger partial charge is 0.325 e. The van der Waals surface area contributed by atoms with E-state index in [9.17, 15) is 0 Å². The third kappa shape index (κ3) is 3.08. The van der Waals surface area contributed by atoms with Crippen LogP contribution >= 0.6 is 0 Å². The maximum Gasteiger partial charge on any atom is 0.0195 e. The molecule has 1 aliphatic rings. The molecule has 0 saturated heterocycles. The maximum atomic E-state index is 6.54. The molecule has 0 aliphatic heterocycles. The van der Waals surface area contributed by atoms with Crippen LogP contribution in [0.5, 0.6) is 0 Å². The lowest BCUT2D eigenvalue weighted by Crippen LogP contribution is -2.41. The molecule has 0 spiro atoms. The van der Waals surface area contributed by atoms with Crippen molar-refractivity contribution in [2.24, 2.45) is 5.73 Å². The number of hydrogen-bond acceptors (Lipinski definition) is 1. The summed E-state index contributed by atoms with van der Waals surface area (Å²) < 4.78 is 0. The van der Waals surface area contributed by atoms with E-state index in [2.05, 4.69) is 31.2 Å². The summed E-state index contributed by atoms with van der Waals surface area (Å²) in [5.74, 6) is 0. The van der Waals surface area contributed by atoms with Crippen LogP contribution in [0.3, 0.4) is 0 Å². The highest BCUT2D eigenvalue weighted by Gasteiger charge is 2.26. The molecule has 2 N–H and O–H groups in total. The van der Waals surface area contributed by atoms with Gasteiger partial charge in [-0.15, -0.1) is 0 Å². The van der Waals surface area contributed by atoms with Crippen LogP contribution in [0.25, 0.3) is 0 Å². The van der Waals surface area contributed by atoms with Gasteiger partial charge in [-0.05, 0) is 31.7 Å². The molecule has 1 saturated carbocycles. The van der Waals surface area contributed by atoms with Crippen LogP contribution in [0.15, 0.2) is 24.3 Å². The maximum absolute atomic E-state index is 6.54. The molecule has 1 aromatic rings. The third-order valence-corrected chi connectivity index (χ3v) is 3.74. The Morgan fingerprint density at radius 1 is 1.12 bits per heavy atom. The van der Waals surface area contributed by atoms with Gasteiger partial charge in [0.05, 0.1) is 0 Å². The van der Waals surface area contributed by atoms with Crippen LogP contribution < -0.4 is 5.73 Å². The van der Waals surface area contributed by atoms with Gasteiger partial charge in [-0.1, -0.05) is 55.5 Å². The first-order valence-corrected chi connectivity index (χ1v) is 6.52. The molecule has 0 unspecified atom stereocenters. The zero-order chi connectivity index (χ0) is 11.4. The van der Waals surface area contributed by atoms with Gasteiger partial charge in [0.15, 0.2) is 0 Å². The first-order chi connectivity index (χ1) is 7.68. The van der Waals surface area contributed by atoms with Crippen molar-refractivity contribution in [3.63, 3.8) is 0 Å². The van der Waals surface area contributed by atoms with Gasteiger partial charge in [-0.25, -0.2) is 0 Å². The molecule has 0 aromatic heterocycles. The first-order valence-electron chi connectivity index (χ1n) is 6.52. The summed E-state index contributed by atoms with van der Waals surface area (Å²) in [7, 11) is 0. The Balaban J connectivity index is 2.06. The molecule has 16 heavy (non-hydrogen) atoms. The zero-order valence-electron chi connectivity index (χ0n) is 10.3. The van der Waals surface area contributed by atoms with Crippen molar-refractivity contribution in [3.8, 4) is 0 Å². The topological polar surface area (TPSA) is 26.0 Å². The second-order valence-electron chi connectivity index (χ2n) is 5.44. The van der Waals surface area contributed by atoms with Gasteiger partial charge < -0.3 is 5.73 Å². The minimum Gasteiger partial charge on any atom is -0.325 e. The van der Waals surface area contributed by atoms with Crippen LogP contribution in [0.4, 0.5) is 0 Å². The van der Waals surface area contributed by atoms with Gasteiger partial charge in [0.1, 0.15) is 0 Å². The number of benzene rings is 1. The van der Waals surface area contributed by atoms with E-state index in [1.165, 1.54) is 49.7 Å². The van der Waals surface area contributed by atoms with E-state index in [1.807, 2.05) is 0 Å². The third-order valence-electron chi connectivity index (χ3n) is 3.74. The molecule has 0 radical (unpaired) electrons. The molecule has 0 heterocycles. The summed E-state index contributed by atoms with van der Waals surface area (Å²) in [6, 6.07) is 8.79. The van der Waals surface area contributed by atoms with E-state index >= 15 is 0 Å². The quantitative estimate of drug-likeness (QED) is 0.753. The normalized spacial score (nSPS) is 20.4. The number of aryl methyl sites for hydroxylation is 1.